The Balaban J connectivity index is 1.85. The summed E-state index contributed by atoms with van der Waals surface area (Å²) in [4.78, 5) is 24.7. The van der Waals surface area contributed by atoms with Crippen molar-refractivity contribution in [3.05, 3.63) is 23.2 Å². The first-order valence-corrected chi connectivity index (χ1v) is 9.35. The third-order valence-electron chi connectivity index (χ3n) is 5.31. The van der Waals surface area contributed by atoms with Crippen molar-refractivity contribution >= 4 is 29.1 Å². The van der Waals surface area contributed by atoms with Gasteiger partial charge in [-0.1, -0.05) is 25.4 Å². The fourth-order valence-corrected chi connectivity index (χ4v) is 3.43. The van der Waals surface area contributed by atoms with Crippen LogP contribution in [0.5, 0.6) is 5.75 Å². The lowest BCUT2D eigenvalue weighted by atomic mass is 9.54. The van der Waals surface area contributed by atoms with Crippen LogP contribution in [0.3, 0.4) is 0 Å². The van der Waals surface area contributed by atoms with Crippen LogP contribution in [-0.4, -0.2) is 43.7 Å². The summed E-state index contributed by atoms with van der Waals surface area (Å²) in [6.45, 7) is 6.53. The molecular formula is C19H28ClN3O4. The van der Waals surface area contributed by atoms with Crippen molar-refractivity contribution in [1.29, 1.82) is 0 Å². The van der Waals surface area contributed by atoms with Gasteiger partial charge in [-0.25, -0.2) is 0 Å². The molecule has 1 aromatic carbocycles. The number of methoxy groups -OCH3 is 1. The van der Waals surface area contributed by atoms with Crippen LogP contribution in [0.2, 0.25) is 5.02 Å². The number of nitrogens with two attached hydrogens (primary N) is 1. The number of anilines is 1. The summed E-state index contributed by atoms with van der Waals surface area (Å²) in [6, 6.07) is 4.95. The lowest BCUT2D eigenvalue weighted by Crippen LogP contribution is -2.75. The molecule has 4 N–H and O–H groups in total. The van der Waals surface area contributed by atoms with E-state index in [0.29, 0.717) is 29.5 Å². The molecule has 2 rings (SSSR count). The Kier molecular flexibility index (Phi) is 6.72. The van der Waals surface area contributed by atoms with Crippen LogP contribution in [0.25, 0.3) is 0 Å². The number of hydrogen-bond acceptors (Lipinski definition) is 5. The van der Waals surface area contributed by atoms with Crippen molar-refractivity contribution in [3.63, 3.8) is 0 Å². The van der Waals surface area contributed by atoms with E-state index in [1.807, 2.05) is 20.8 Å². The molecule has 2 atom stereocenters. The maximum atomic E-state index is 12.5. The van der Waals surface area contributed by atoms with E-state index in [4.69, 9.17) is 26.8 Å². The zero-order chi connectivity index (χ0) is 20.2. The van der Waals surface area contributed by atoms with Crippen molar-refractivity contribution in [3.8, 4) is 5.75 Å². The van der Waals surface area contributed by atoms with Gasteiger partial charge in [-0.3, -0.25) is 9.59 Å². The molecular weight excluding hydrogens is 370 g/mol. The number of benzene rings is 1. The maximum Gasteiger partial charge on any atom is 0.240 e. The van der Waals surface area contributed by atoms with Crippen LogP contribution in [-0.2, 0) is 14.3 Å². The Morgan fingerprint density at radius 3 is 2.67 bits per heavy atom. The van der Waals surface area contributed by atoms with E-state index in [1.165, 1.54) is 7.11 Å². The molecule has 7 nitrogen and oxygen atoms in total. The number of carbonyl (C=O) groups excluding carboxylic acids is 2. The highest BCUT2D eigenvalue weighted by Gasteiger charge is 2.62. The van der Waals surface area contributed by atoms with E-state index in [0.717, 1.165) is 0 Å². The molecule has 0 radical (unpaired) electrons. The molecule has 1 aliphatic rings. The van der Waals surface area contributed by atoms with Gasteiger partial charge in [-0.15, -0.1) is 0 Å². The number of ether oxygens (including phenoxy) is 2. The van der Waals surface area contributed by atoms with Gasteiger partial charge in [-0.2, -0.15) is 0 Å². The third-order valence-corrected chi connectivity index (χ3v) is 5.54. The first-order chi connectivity index (χ1) is 12.7. The van der Waals surface area contributed by atoms with Crippen LogP contribution in [0.1, 0.15) is 33.6 Å². The molecule has 2 unspecified atom stereocenters. The van der Waals surface area contributed by atoms with Gasteiger partial charge in [0.2, 0.25) is 11.8 Å². The van der Waals surface area contributed by atoms with Crippen LogP contribution >= 0.6 is 11.6 Å². The average Bonchev–Trinajstić information content (AvgIpc) is 2.61. The fourth-order valence-electron chi connectivity index (χ4n) is 3.26. The van der Waals surface area contributed by atoms with Gasteiger partial charge in [0, 0.05) is 36.4 Å². The normalized spacial score (nSPS) is 23.3. The Morgan fingerprint density at radius 2 is 2.07 bits per heavy atom. The van der Waals surface area contributed by atoms with Crippen molar-refractivity contribution in [2.75, 3.05) is 25.6 Å². The van der Waals surface area contributed by atoms with Gasteiger partial charge in [-0.05, 0) is 25.1 Å². The van der Waals surface area contributed by atoms with Crippen LogP contribution < -0.4 is 21.1 Å². The highest BCUT2D eigenvalue weighted by molar-refractivity contribution is 6.31. The maximum absolute atomic E-state index is 12.5. The van der Waals surface area contributed by atoms with Crippen LogP contribution in [0.15, 0.2) is 18.2 Å². The monoisotopic (exact) mass is 397 g/mol. The van der Waals surface area contributed by atoms with Crippen molar-refractivity contribution in [2.24, 2.45) is 11.1 Å². The number of rotatable bonds is 8. The standard InChI is InChI=1S/C19H28ClN3O4/c1-5-27-15-11-19(21,18(15,2)3)17(25)22-9-8-16(24)23-13-10-12(20)6-7-14(13)26-4/h6-7,10,15H,5,8-9,11,21H2,1-4H3,(H,22,25)(H,23,24). The van der Waals surface area contributed by atoms with E-state index in [2.05, 4.69) is 10.6 Å². The lowest BCUT2D eigenvalue weighted by molar-refractivity contribution is -0.170. The first-order valence-electron chi connectivity index (χ1n) is 8.98. The number of hydrogen-bond donors (Lipinski definition) is 3. The molecule has 150 valence electrons. The summed E-state index contributed by atoms with van der Waals surface area (Å²) in [5.41, 5.74) is 5.33. The second-order valence-corrected chi connectivity index (χ2v) is 7.68. The predicted molar refractivity (Wildman–Crippen MR) is 105 cm³/mol. The molecule has 0 aliphatic heterocycles. The molecule has 8 heteroatoms. The van der Waals surface area contributed by atoms with E-state index in [9.17, 15) is 9.59 Å². The molecule has 27 heavy (non-hydrogen) atoms. The quantitative estimate of drug-likeness (QED) is 0.624. The molecule has 1 aromatic rings. The number of nitrogens with one attached hydrogen (secondary N) is 2. The zero-order valence-corrected chi connectivity index (χ0v) is 17.0. The second kappa shape index (κ2) is 8.46. The summed E-state index contributed by atoms with van der Waals surface area (Å²) in [5.74, 6) is -0.0190. The van der Waals surface area contributed by atoms with Gasteiger partial charge in [0.1, 0.15) is 11.3 Å². The SMILES string of the molecule is CCOC1CC(N)(C(=O)NCCC(=O)Nc2cc(Cl)ccc2OC)C1(C)C. The summed E-state index contributed by atoms with van der Waals surface area (Å²) >= 11 is 5.95. The fraction of sp³-hybridized carbons (Fsp3) is 0.579. The van der Waals surface area contributed by atoms with Gasteiger partial charge < -0.3 is 25.8 Å². The Morgan fingerprint density at radius 1 is 1.37 bits per heavy atom. The minimum atomic E-state index is -1.00. The molecule has 0 saturated heterocycles. The van der Waals surface area contributed by atoms with Crippen molar-refractivity contribution in [2.45, 2.75) is 45.3 Å². The average molecular weight is 398 g/mol. The zero-order valence-electron chi connectivity index (χ0n) is 16.2. The van der Waals surface area contributed by atoms with Crippen LogP contribution in [0.4, 0.5) is 5.69 Å². The predicted octanol–water partition coefficient (Wildman–Crippen LogP) is 2.33. The number of carbonyl (C=O) groups is 2. The molecule has 0 spiro atoms. The molecule has 2 amide bonds. The largest absolute Gasteiger partial charge is 0.495 e. The van der Waals surface area contributed by atoms with Crippen molar-refractivity contribution in [1.82, 2.24) is 5.32 Å². The first kappa shape index (κ1) is 21.5. The van der Waals surface area contributed by atoms with Gasteiger partial charge in [0.05, 0.1) is 18.9 Å². The van der Waals surface area contributed by atoms with Gasteiger partial charge in [0.15, 0.2) is 0 Å². The van der Waals surface area contributed by atoms with E-state index in [-0.39, 0.29) is 30.9 Å². The number of amides is 2. The summed E-state index contributed by atoms with van der Waals surface area (Å²) < 4.78 is 10.8. The van der Waals surface area contributed by atoms with Gasteiger partial charge in [0.25, 0.3) is 0 Å². The molecule has 0 heterocycles. The van der Waals surface area contributed by atoms with Gasteiger partial charge >= 0.3 is 0 Å². The lowest BCUT2D eigenvalue weighted by Gasteiger charge is -2.57. The van der Waals surface area contributed by atoms with E-state index >= 15 is 0 Å². The highest BCUT2D eigenvalue weighted by Crippen LogP contribution is 2.49. The Hall–Kier alpha value is -1.83. The minimum absolute atomic E-state index is 0.0446. The molecule has 0 aromatic heterocycles. The van der Waals surface area contributed by atoms with Crippen molar-refractivity contribution < 1.29 is 19.1 Å². The van der Waals surface area contributed by atoms with E-state index < -0.39 is 11.0 Å². The highest BCUT2D eigenvalue weighted by atomic mass is 35.5. The van der Waals surface area contributed by atoms with Crippen LogP contribution in [0, 0.1) is 5.41 Å². The number of halogens is 1. The molecule has 1 fully saturated rings. The topological polar surface area (TPSA) is 103 Å². The molecule has 1 aliphatic carbocycles. The second-order valence-electron chi connectivity index (χ2n) is 7.24. The smallest absolute Gasteiger partial charge is 0.240 e. The third kappa shape index (κ3) is 4.36. The Bertz CT molecular complexity index is 710. The Labute approximate surface area is 164 Å². The molecule has 1 saturated carbocycles. The molecule has 0 bridgehead atoms. The minimum Gasteiger partial charge on any atom is -0.495 e. The van der Waals surface area contributed by atoms with E-state index in [1.54, 1.807) is 18.2 Å². The summed E-state index contributed by atoms with van der Waals surface area (Å²) in [7, 11) is 1.51. The summed E-state index contributed by atoms with van der Waals surface area (Å²) in [5, 5.41) is 5.98. The summed E-state index contributed by atoms with van der Waals surface area (Å²) in [6.07, 6.45) is 0.523.